The molecule has 0 heterocycles. The van der Waals surface area contributed by atoms with Crippen LogP contribution in [0.1, 0.15) is 26.8 Å². The van der Waals surface area contributed by atoms with Gasteiger partial charge in [0, 0.05) is 14.1 Å². The van der Waals surface area contributed by atoms with Crippen LogP contribution in [0.4, 0.5) is 5.69 Å². The number of rotatable bonds is 3. The van der Waals surface area contributed by atoms with Gasteiger partial charge in [-0.05, 0) is 38.5 Å². The maximum absolute atomic E-state index is 12.1. The molecule has 1 atom stereocenters. The zero-order valence-electron chi connectivity index (χ0n) is 10.1. The average Bonchev–Trinajstić information content (AvgIpc) is 2.15. The number of anilines is 1. The van der Waals surface area contributed by atoms with Gasteiger partial charge in [0.05, 0.1) is 5.69 Å². The topological polar surface area (TPSA) is 20.3 Å². The third kappa shape index (κ3) is 3.31. The molecule has 0 spiro atoms. The highest BCUT2D eigenvalue weighted by Gasteiger charge is 2.28. The Bertz CT molecular complexity index is 372. The second-order valence-electron chi connectivity index (χ2n) is 4.31. The summed E-state index contributed by atoms with van der Waals surface area (Å²) in [6.45, 7) is 6.04. The fourth-order valence-corrected chi connectivity index (χ4v) is 2.85. The summed E-state index contributed by atoms with van der Waals surface area (Å²) in [5.41, 5.74) is 2.43. The van der Waals surface area contributed by atoms with Crippen molar-refractivity contribution in [3.8, 4) is 0 Å². The minimum Gasteiger partial charge on any atom is -0.374 e. The van der Waals surface area contributed by atoms with Gasteiger partial charge in [-0.3, -0.25) is 0 Å². The standard InChI is InChI=1S/C12H19NOP.CH4/c1-9(2)15(14)12-8-10(3)6-7-11(12)13(4)5;/h6-9H,1-5H3;1H4/q+1;. The summed E-state index contributed by atoms with van der Waals surface area (Å²) < 4.78 is 12.1. The predicted octanol–water partition coefficient (Wildman–Crippen LogP) is 3.56. The Morgan fingerprint density at radius 1 is 1.25 bits per heavy atom. The van der Waals surface area contributed by atoms with E-state index in [-0.39, 0.29) is 13.1 Å². The van der Waals surface area contributed by atoms with Crippen molar-refractivity contribution in [2.45, 2.75) is 33.9 Å². The first-order valence-corrected chi connectivity index (χ1v) is 6.50. The van der Waals surface area contributed by atoms with Crippen LogP contribution in [0, 0.1) is 6.92 Å². The van der Waals surface area contributed by atoms with Gasteiger partial charge in [-0.1, -0.05) is 18.1 Å². The quantitative estimate of drug-likeness (QED) is 0.753. The van der Waals surface area contributed by atoms with E-state index >= 15 is 0 Å². The van der Waals surface area contributed by atoms with Crippen molar-refractivity contribution in [1.82, 2.24) is 0 Å². The van der Waals surface area contributed by atoms with Gasteiger partial charge in [-0.15, -0.1) is 0 Å². The minimum atomic E-state index is -1.30. The van der Waals surface area contributed by atoms with Crippen LogP contribution >= 0.6 is 7.80 Å². The fourth-order valence-electron chi connectivity index (χ4n) is 1.47. The van der Waals surface area contributed by atoms with Gasteiger partial charge in [-0.25, -0.2) is 0 Å². The van der Waals surface area contributed by atoms with Crippen molar-refractivity contribution in [1.29, 1.82) is 0 Å². The highest BCUT2D eigenvalue weighted by molar-refractivity contribution is 7.54. The van der Waals surface area contributed by atoms with Gasteiger partial charge >= 0.3 is 7.80 Å². The first-order valence-electron chi connectivity index (χ1n) is 5.18. The fraction of sp³-hybridized carbons (Fsp3) is 0.538. The van der Waals surface area contributed by atoms with Crippen molar-refractivity contribution in [3.63, 3.8) is 0 Å². The molecular formula is C13H23NOP+. The molecule has 0 saturated carbocycles. The lowest BCUT2D eigenvalue weighted by Gasteiger charge is -2.13. The molecular weight excluding hydrogens is 217 g/mol. The van der Waals surface area contributed by atoms with E-state index in [2.05, 4.69) is 6.07 Å². The summed E-state index contributed by atoms with van der Waals surface area (Å²) in [6.07, 6.45) is 0. The maximum Gasteiger partial charge on any atom is 0.381 e. The highest BCUT2D eigenvalue weighted by Crippen LogP contribution is 2.31. The molecule has 1 rings (SSSR count). The molecule has 16 heavy (non-hydrogen) atoms. The molecule has 1 aromatic carbocycles. The molecule has 0 bridgehead atoms. The smallest absolute Gasteiger partial charge is 0.374 e. The molecule has 90 valence electrons. The number of aryl methyl sites for hydroxylation is 1. The Labute approximate surface area is 100 Å². The molecule has 0 aromatic heterocycles. The molecule has 0 radical (unpaired) electrons. The van der Waals surface area contributed by atoms with E-state index in [1.165, 1.54) is 5.56 Å². The van der Waals surface area contributed by atoms with E-state index in [0.29, 0.717) is 0 Å². The molecule has 0 fully saturated rings. The lowest BCUT2D eigenvalue weighted by molar-refractivity contribution is 0.588. The van der Waals surface area contributed by atoms with Crippen LogP contribution in [-0.4, -0.2) is 19.8 Å². The number of benzene rings is 1. The van der Waals surface area contributed by atoms with Gasteiger partial charge in [0.2, 0.25) is 5.30 Å². The predicted molar refractivity (Wildman–Crippen MR) is 74.6 cm³/mol. The Balaban J connectivity index is 0.00000225. The van der Waals surface area contributed by atoms with E-state index in [0.717, 1.165) is 11.0 Å². The molecule has 0 aliphatic carbocycles. The lowest BCUT2D eigenvalue weighted by Crippen LogP contribution is -2.18. The van der Waals surface area contributed by atoms with Crippen LogP contribution in [-0.2, 0) is 4.57 Å². The second kappa shape index (κ2) is 6.00. The van der Waals surface area contributed by atoms with Gasteiger partial charge in [0.1, 0.15) is 0 Å². The highest BCUT2D eigenvalue weighted by atomic mass is 31.1. The van der Waals surface area contributed by atoms with Crippen LogP contribution in [0.5, 0.6) is 0 Å². The Morgan fingerprint density at radius 3 is 2.25 bits per heavy atom. The van der Waals surface area contributed by atoms with Crippen molar-refractivity contribution >= 4 is 18.8 Å². The monoisotopic (exact) mass is 240 g/mol. The molecule has 1 aromatic rings. The Hall–Kier alpha value is -0.880. The molecule has 0 aliphatic heterocycles. The van der Waals surface area contributed by atoms with Crippen LogP contribution in [0.2, 0.25) is 0 Å². The Morgan fingerprint density at radius 2 is 1.81 bits per heavy atom. The molecule has 0 N–H and O–H groups in total. The molecule has 0 amide bonds. The minimum absolute atomic E-state index is 0. The second-order valence-corrected chi connectivity index (χ2v) is 6.47. The third-order valence-corrected chi connectivity index (χ3v) is 4.09. The van der Waals surface area contributed by atoms with Crippen LogP contribution < -0.4 is 10.2 Å². The van der Waals surface area contributed by atoms with Gasteiger partial charge in [0.25, 0.3) is 0 Å². The van der Waals surface area contributed by atoms with Gasteiger partial charge < -0.3 is 4.90 Å². The van der Waals surface area contributed by atoms with Crippen molar-refractivity contribution in [2.75, 3.05) is 19.0 Å². The zero-order valence-corrected chi connectivity index (χ0v) is 11.0. The summed E-state index contributed by atoms with van der Waals surface area (Å²) in [4.78, 5) is 2.02. The molecule has 1 unspecified atom stereocenters. The summed E-state index contributed by atoms with van der Waals surface area (Å²) in [5, 5.41) is 0.977. The van der Waals surface area contributed by atoms with E-state index in [4.69, 9.17) is 0 Å². The first kappa shape index (κ1) is 15.1. The number of nitrogens with zero attached hydrogens (tertiary/aromatic N) is 1. The van der Waals surface area contributed by atoms with Gasteiger partial charge in [0.15, 0.2) is 5.66 Å². The average molecular weight is 240 g/mol. The molecule has 2 nitrogen and oxygen atoms in total. The summed E-state index contributed by atoms with van der Waals surface area (Å²) in [5.74, 6) is 0. The van der Waals surface area contributed by atoms with Crippen molar-refractivity contribution < 1.29 is 4.57 Å². The maximum atomic E-state index is 12.1. The summed E-state index contributed by atoms with van der Waals surface area (Å²) >= 11 is 0. The first-order chi connectivity index (χ1) is 6.93. The molecule has 0 saturated heterocycles. The van der Waals surface area contributed by atoms with E-state index in [1.54, 1.807) is 0 Å². The Kier molecular flexibility index (Phi) is 5.67. The largest absolute Gasteiger partial charge is 0.381 e. The van der Waals surface area contributed by atoms with E-state index in [1.807, 2.05) is 51.9 Å². The number of hydrogen-bond donors (Lipinski definition) is 0. The molecule has 0 aliphatic rings. The van der Waals surface area contributed by atoms with Crippen molar-refractivity contribution in [3.05, 3.63) is 23.8 Å². The van der Waals surface area contributed by atoms with E-state index < -0.39 is 7.80 Å². The number of hydrogen-bond acceptors (Lipinski definition) is 2. The van der Waals surface area contributed by atoms with Crippen LogP contribution in [0.3, 0.4) is 0 Å². The summed E-state index contributed by atoms with van der Waals surface area (Å²) in [6, 6.07) is 6.14. The zero-order chi connectivity index (χ0) is 11.6. The van der Waals surface area contributed by atoms with Crippen LogP contribution in [0.15, 0.2) is 18.2 Å². The molecule has 3 heteroatoms. The van der Waals surface area contributed by atoms with Crippen LogP contribution in [0.25, 0.3) is 0 Å². The lowest BCUT2D eigenvalue weighted by atomic mass is 10.2. The van der Waals surface area contributed by atoms with Crippen molar-refractivity contribution in [2.24, 2.45) is 0 Å². The van der Waals surface area contributed by atoms with Gasteiger partial charge in [-0.2, -0.15) is 0 Å². The third-order valence-electron chi connectivity index (χ3n) is 2.32. The SMILES string of the molecule is C.Cc1ccc(N(C)C)c([P+](=O)C(C)C)c1. The summed E-state index contributed by atoms with van der Waals surface area (Å²) in [7, 11) is 2.67. The normalized spacial score (nSPS) is 11.0. The van der Waals surface area contributed by atoms with E-state index in [9.17, 15) is 4.57 Å².